The number of piperazine rings is 1. The Morgan fingerprint density at radius 2 is 1.95 bits per heavy atom. The van der Waals surface area contributed by atoms with Crippen molar-refractivity contribution >= 4 is 41.9 Å². The van der Waals surface area contributed by atoms with Gasteiger partial charge < -0.3 is 5.32 Å². The summed E-state index contributed by atoms with van der Waals surface area (Å²) in [6.07, 6.45) is 0. The van der Waals surface area contributed by atoms with Crippen molar-refractivity contribution in [2.24, 2.45) is 0 Å². The molecule has 21 heavy (non-hydrogen) atoms. The molecule has 1 heterocycles. The summed E-state index contributed by atoms with van der Waals surface area (Å²) >= 11 is 6.66. The van der Waals surface area contributed by atoms with Gasteiger partial charge in [0.05, 0.1) is 4.90 Å². The summed E-state index contributed by atoms with van der Waals surface area (Å²) in [6, 6.07) is 5.10. The molecule has 1 aromatic carbocycles. The number of nitrogens with zero attached hydrogens (tertiary/aromatic N) is 2. The van der Waals surface area contributed by atoms with Gasteiger partial charge in [0.2, 0.25) is 10.0 Å². The first-order valence-corrected chi connectivity index (χ1v) is 9.78. The zero-order valence-corrected chi connectivity index (χ0v) is 15.8. The predicted molar refractivity (Wildman–Crippen MR) is 91.0 cm³/mol. The van der Waals surface area contributed by atoms with Crippen LogP contribution in [-0.4, -0.2) is 63.9 Å². The predicted octanol–water partition coefficient (Wildman–Crippen LogP) is 1.74. The largest absolute Gasteiger partial charge is 0.314 e. The average Bonchev–Trinajstić information content (AvgIpc) is 2.45. The van der Waals surface area contributed by atoms with E-state index in [0.29, 0.717) is 15.9 Å². The molecule has 0 aliphatic carbocycles. The van der Waals surface area contributed by atoms with Crippen LogP contribution in [0.5, 0.6) is 0 Å². The van der Waals surface area contributed by atoms with Crippen molar-refractivity contribution in [2.75, 3.05) is 46.3 Å². The van der Waals surface area contributed by atoms with E-state index in [1.165, 1.54) is 4.31 Å². The van der Waals surface area contributed by atoms with Gasteiger partial charge in [-0.15, -0.1) is 0 Å². The third-order valence-electron chi connectivity index (χ3n) is 3.52. The molecule has 0 aromatic heterocycles. The molecule has 0 radical (unpaired) electrons. The molecule has 0 saturated carbocycles. The van der Waals surface area contributed by atoms with E-state index in [4.69, 9.17) is 0 Å². The fourth-order valence-electron chi connectivity index (χ4n) is 2.19. The molecule has 1 N–H and O–H groups in total. The molecule has 0 spiro atoms. The van der Waals surface area contributed by atoms with Crippen molar-refractivity contribution in [1.29, 1.82) is 0 Å². The van der Waals surface area contributed by atoms with Crippen LogP contribution in [0.3, 0.4) is 0 Å². The molecular weight excluding hydrogens is 422 g/mol. The summed E-state index contributed by atoms with van der Waals surface area (Å²) in [7, 11) is -1.83. The van der Waals surface area contributed by atoms with Crippen LogP contribution in [-0.2, 0) is 10.0 Å². The van der Waals surface area contributed by atoms with E-state index in [2.05, 4.69) is 42.1 Å². The van der Waals surface area contributed by atoms with Gasteiger partial charge >= 0.3 is 0 Å². The van der Waals surface area contributed by atoms with E-state index in [1.807, 2.05) is 0 Å². The lowest BCUT2D eigenvalue weighted by molar-refractivity contribution is 0.229. The summed E-state index contributed by atoms with van der Waals surface area (Å²) in [5.74, 6) is 0. The maximum atomic E-state index is 12.6. The molecule has 8 heteroatoms. The molecule has 0 unspecified atom stereocenters. The van der Waals surface area contributed by atoms with Crippen LogP contribution in [0, 0.1) is 0 Å². The zero-order valence-electron chi connectivity index (χ0n) is 11.8. The molecule has 5 nitrogen and oxygen atoms in total. The van der Waals surface area contributed by atoms with Gasteiger partial charge in [-0.25, -0.2) is 8.42 Å². The first kappa shape index (κ1) is 17.4. The van der Waals surface area contributed by atoms with Gasteiger partial charge in [-0.1, -0.05) is 15.9 Å². The topological polar surface area (TPSA) is 52.6 Å². The molecule has 0 atom stereocenters. The lowest BCUT2D eigenvalue weighted by Crippen LogP contribution is -2.46. The van der Waals surface area contributed by atoms with Crippen molar-refractivity contribution in [3.05, 3.63) is 27.1 Å². The van der Waals surface area contributed by atoms with Crippen molar-refractivity contribution in [3.63, 3.8) is 0 Å². The monoisotopic (exact) mass is 439 g/mol. The highest BCUT2D eigenvalue weighted by Crippen LogP contribution is 2.27. The van der Waals surface area contributed by atoms with Gasteiger partial charge in [0.15, 0.2) is 0 Å². The summed E-state index contributed by atoms with van der Waals surface area (Å²) < 4.78 is 28.0. The molecule has 1 aromatic rings. The molecule has 1 aliphatic heterocycles. The highest BCUT2D eigenvalue weighted by atomic mass is 79.9. The summed E-state index contributed by atoms with van der Waals surface area (Å²) in [6.45, 7) is 5.12. The standard InChI is InChI=1S/C13H19Br2N3O2S/c1-17(8-9-18-6-4-16-5-7-18)21(19,20)13-3-2-11(14)10-12(13)15/h2-3,10,16H,4-9H2,1H3. The smallest absolute Gasteiger partial charge is 0.243 e. The van der Waals surface area contributed by atoms with Crippen molar-refractivity contribution < 1.29 is 8.42 Å². The van der Waals surface area contributed by atoms with E-state index >= 15 is 0 Å². The van der Waals surface area contributed by atoms with Gasteiger partial charge in [-0.2, -0.15) is 4.31 Å². The van der Waals surface area contributed by atoms with Crippen LogP contribution in [0.15, 0.2) is 32.0 Å². The van der Waals surface area contributed by atoms with Crippen LogP contribution in [0.2, 0.25) is 0 Å². The number of likely N-dealkylation sites (N-methyl/N-ethyl adjacent to an activating group) is 1. The van der Waals surface area contributed by atoms with Gasteiger partial charge in [0.25, 0.3) is 0 Å². The number of halogens is 2. The minimum atomic E-state index is -3.46. The third-order valence-corrected chi connectivity index (χ3v) is 6.85. The van der Waals surface area contributed by atoms with Gasteiger partial charge in [-0.3, -0.25) is 4.90 Å². The number of sulfonamides is 1. The summed E-state index contributed by atoms with van der Waals surface area (Å²) in [5.41, 5.74) is 0. The Bertz CT molecular complexity index is 589. The molecule has 118 valence electrons. The Balaban J connectivity index is 2.04. The Morgan fingerprint density at radius 3 is 2.57 bits per heavy atom. The number of rotatable bonds is 5. The highest BCUT2D eigenvalue weighted by molar-refractivity contribution is 9.11. The van der Waals surface area contributed by atoms with Crippen LogP contribution in [0.1, 0.15) is 0 Å². The Morgan fingerprint density at radius 1 is 1.29 bits per heavy atom. The summed E-state index contributed by atoms with van der Waals surface area (Å²) in [4.78, 5) is 2.58. The van der Waals surface area contributed by atoms with Gasteiger partial charge in [0.1, 0.15) is 0 Å². The van der Waals surface area contributed by atoms with Crippen molar-refractivity contribution in [1.82, 2.24) is 14.5 Å². The molecular formula is C13H19Br2N3O2S. The molecule has 2 rings (SSSR count). The second kappa shape index (κ2) is 7.52. The van der Waals surface area contributed by atoms with E-state index in [-0.39, 0.29) is 0 Å². The molecule has 1 saturated heterocycles. The van der Waals surface area contributed by atoms with E-state index in [9.17, 15) is 8.42 Å². The van der Waals surface area contributed by atoms with E-state index in [0.717, 1.165) is 37.2 Å². The van der Waals surface area contributed by atoms with Crippen LogP contribution >= 0.6 is 31.9 Å². The average molecular weight is 441 g/mol. The Hall–Kier alpha value is 0.01000. The minimum Gasteiger partial charge on any atom is -0.314 e. The van der Waals surface area contributed by atoms with Crippen molar-refractivity contribution in [2.45, 2.75) is 4.90 Å². The molecule has 0 bridgehead atoms. The first-order chi connectivity index (χ1) is 9.91. The second-order valence-corrected chi connectivity index (χ2v) is 8.78. The maximum Gasteiger partial charge on any atom is 0.243 e. The van der Waals surface area contributed by atoms with Crippen LogP contribution in [0.4, 0.5) is 0 Å². The zero-order chi connectivity index (χ0) is 15.5. The number of hydrogen-bond donors (Lipinski definition) is 1. The normalized spacial score (nSPS) is 17.3. The summed E-state index contributed by atoms with van der Waals surface area (Å²) in [5, 5.41) is 3.29. The van der Waals surface area contributed by atoms with E-state index < -0.39 is 10.0 Å². The van der Waals surface area contributed by atoms with Gasteiger partial charge in [-0.05, 0) is 34.1 Å². The first-order valence-electron chi connectivity index (χ1n) is 6.76. The SMILES string of the molecule is CN(CCN1CCNCC1)S(=O)(=O)c1ccc(Br)cc1Br. The lowest BCUT2D eigenvalue weighted by Gasteiger charge is -2.29. The Kier molecular flexibility index (Phi) is 6.22. The lowest BCUT2D eigenvalue weighted by atomic mass is 10.3. The van der Waals surface area contributed by atoms with Gasteiger partial charge in [0, 0.05) is 55.3 Å². The Labute approximate surface area is 143 Å². The van der Waals surface area contributed by atoms with Crippen LogP contribution < -0.4 is 5.32 Å². The highest BCUT2D eigenvalue weighted by Gasteiger charge is 2.24. The van der Waals surface area contributed by atoms with Crippen molar-refractivity contribution in [3.8, 4) is 0 Å². The molecule has 1 fully saturated rings. The maximum absolute atomic E-state index is 12.6. The van der Waals surface area contributed by atoms with Crippen LogP contribution in [0.25, 0.3) is 0 Å². The molecule has 1 aliphatic rings. The second-order valence-electron chi connectivity index (χ2n) is 4.99. The number of hydrogen-bond acceptors (Lipinski definition) is 4. The quantitative estimate of drug-likeness (QED) is 0.757. The molecule has 0 amide bonds. The third kappa shape index (κ3) is 4.49. The minimum absolute atomic E-state index is 0.300. The fourth-order valence-corrected chi connectivity index (χ4v) is 5.05. The fraction of sp³-hybridized carbons (Fsp3) is 0.538. The van der Waals surface area contributed by atoms with E-state index in [1.54, 1.807) is 25.2 Å². The number of benzene rings is 1. The number of nitrogens with one attached hydrogen (secondary N) is 1.